The number of anilines is 1. The van der Waals surface area contributed by atoms with Gasteiger partial charge in [0.25, 0.3) is 0 Å². The largest absolute Gasteiger partial charge is 0.494 e. The van der Waals surface area contributed by atoms with Gasteiger partial charge < -0.3 is 15.2 Å². The molecule has 3 rings (SSSR count). The van der Waals surface area contributed by atoms with Gasteiger partial charge in [-0.15, -0.1) is 0 Å². The number of fused-ring (bicyclic) bond motifs is 1. The Kier molecular flexibility index (Phi) is 4.47. The van der Waals surface area contributed by atoms with Gasteiger partial charge in [-0.3, -0.25) is 9.59 Å². The molecule has 1 aromatic carbocycles. The van der Waals surface area contributed by atoms with Gasteiger partial charge in [0.15, 0.2) is 5.13 Å². The minimum absolute atomic E-state index is 0.141. The van der Waals surface area contributed by atoms with Crippen LogP contribution in [0.2, 0.25) is 0 Å². The fourth-order valence-corrected chi connectivity index (χ4v) is 3.76. The second-order valence-corrected chi connectivity index (χ2v) is 6.65. The van der Waals surface area contributed by atoms with E-state index in [0.29, 0.717) is 31.0 Å². The molecule has 6 nitrogen and oxygen atoms in total. The number of aliphatic carboxylic acids is 1. The maximum absolute atomic E-state index is 12.3. The minimum Gasteiger partial charge on any atom is -0.494 e. The molecule has 23 heavy (non-hydrogen) atoms. The Morgan fingerprint density at radius 3 is 2.87 bits per heavy atom. The molecule has 1 heterocycles. The van der Waals surface area contributed by atoms with E-state index in [1.165, 1.54) is 11.3 Å². The molecule has 2 aromatic rings. The van der Waals surface area contributed by atoms with Crippen LogP contribution in [-0.4, -0.2) is 28.6 Å². The quantitative estimate of drug-likeness (QED) is 0.877. The number of hydrogen-bond acceptors (Lipinski definition) is 5. The third-order valence-corrected chi connectivity index (χ3v) is 4.99. The molecule has 0 radical (unpaired) electrons. The second-order valence-electron chi connectivity index (χ2n) is 5.62. The van der Waals surface area contributed by atoms with E-state index in [1.54, 1.807) is 0 Å². The number of ether oxygens (including phenoxy) is 1. The van der Waals surface area contributed by atoms with Crippen LogP contribution < -0.4 is 10.1 Å². The highest BCUT2D eigenvalue weighted by atomic mass is 32.1. The fourth-order valence-electron chi connectivity index (χ4n) is 2.87. The molecule has 122 valence electrons. The van der Waals surface area contributed by atoms with E-state index in [4.69, 9.17) is 9.84 Å². The molecular formula is C16H18N2O4S. The number of carbonyl (C=O) groups excluding carboxylic acids is 1. The van der Waals surface area contributed by atoms with Gasteiger partial charge in [0, 0.05) is 5.92 Å². The molecule has 1 fully saturated rings. The van der Waals surface area contributed by atoms with Crippen LogP contribution >= 0.6 is 11.3 Å². The molecule has 1 saturated carbocycles. The van der Waals surface area contributed by atoms with E-state index < -0.39 is 11.9 Å². The summed E-state index contributed by atoms with van der Waals surface area (Å²) in [5, 5.41) is 12.4. The first kappa shape index (κ1) is 15.7. The normalized spacial score (nSPS) is 20.6. The Bertz CT molecular complexity index is 743. The van der Waals surface area contributed by atoms with Gasteiger partial charge in [0.05, 0.1) is 22.7 Å². The number of nitrogens with one attached hydrogen (secondary N) is 1. The van der Waals surface area contributed by atoms with Crippen molar-refractivity contribution >= 4 is 38.6 Å². The van der Waals surface area contributed by atoms with Gasteiger partial charge >= 0.3 is 5.97 Å². The van der Waals surface area contributed by atoms with Crippen molar-refractivity contribution in [1.82, 2.24) is 4.98 Å². The fraction of sp³-hybridized carbons (Fsp3) is 0.438. The second kappa shape index (κ2) is 6.54. The van der Waals surface area contributed by atoms with E-state index in [2.05, 4.69) is 10.3 Å². The van der Waals surface area contributed by atoms with Crippen LogP contribution in [0, 0.1) is 11.8 Å². The Labute approximate surface area is 137 Å². The van der Waals surface area contributed by atoms with E-state index >= 15 is 0 Å². The van der Waals surface area contributed by atoms with Crippen molar-refractivity contribution in [2.75, 3.05) is 11.9 Å². The Morgan fingerprint density at radius 2 is 2.17 bits per heavy atom. The SMILES string of the molecule is CCOc1ccc2nc(NC(=O)[C@@H]3CC[C@H](C(=O)O)C3)sc2c1. The standard InChI is InChI=1S/C16H18N2O4S/c1-2-22-11-5-6-12-13(8-11)23-16(17-12)18-14(19)9-3-4-10(7-9)15(20)21/h5-6,8-10H,2-4,7H2,1H3,(H,20,21)(H,17,18,19)/t9-,10+/m1/s1. The summed E-state index contributed by atoms with van der Waals surface area (Å²) < 4.78 is 6.40. The lowest BCUT2D eigenvalue weighted by atomic mass is 10.0. The number of rotatable bonds is 5. The highest BCUT2D eigenvalue weighted by molar-refractivity contribution is 7.22. The molecule has 1 amide bonds. The molecule has 0 bridgehead atoms. The Balaban J connectivity index is 1.69. The average molecular weight is 334 g/mol. The molecule has 1 aromatic heterocycles. The summed E-state index contributed by atoms with van der Waals surface area (Å²) in [5.41, 5.74) is 0.809. The monoisotopic (exact) mass is 334 g/mol. The smallest absolute Gasteiger partial charge is 0.306 e. The maximum atomic E-state index is 12.3. The zero-order valence-electron chi connectivity index (χ0n) is 12.7. The number of carbonyl (C=O) groups is 2. The Hall–Kier alpha value is -2.15. The van der Waals surface area contributed by atoms with E-state index in [0.717, 1.165) is 16.0 Å². The van der Waals surface area contributed by atoms with Gasteiger partial charge in [0.2, 0.25) is 5.91 Å². The molecule has 0 unspecified atom stereocenters. The number of aromatic nitrogens is 1. The van der Waals surface area contributed by atoms with Crippen molar-refractivity contribution in [3.05, 3.63) is 18.2 Å². The van der Waals surface area contributed by atoms with Crippen LogP contribution in [0.1, 0.15) is 26.2 Å². The number of carboxylic acids is 1. The lowest BCUT2D eigenvalue weighted by Crippen LogP contribution is -2.21. The van der Waals surface area contributed by atoms with E-state index in [1.807, 2.05) is 25.1 Å². The summed E-state index contributed by atoms with van der Waals surface area (Å²) in [6.45, 7) is 2.52. The van der Waals surface area contributed by atoms with E-state index in [-0.39, 0.29) is 11.8 Å². The number of benzene rings is 1. The maximum Gasteiger partial charge on any atom is 0.306 e. The zero-order valence-corrected chi connectivity index (χ0v) is 13.6. The third-order valence-electron chi connectivity index (χ3n) is 4.05. The zero-order chi connectivity index (χ0) is 16.4. The van der Waals surface area contributed by atoms with Gasteiger partial charge in [0.1, 0.15) is 5.75 Å². The van der Waals surface area contributed by atoms with Crippen molar-refractivity contribution in [1.29, 1.82) is 0 Å². The third kappa shape index (κ3) is 3.44. The van der Waals surface area contributed by atoms with Gasteiger partial charge in [-0.1, -0.05) is 11.3 Å². The van der Waals surface area contributed by atoms with Gasteiger partial charge in [-0.2, -0.15) is 0 Å². The lowest BCUT2D eigenvalue weighted by molar-refractivity contribution is -0.141. The van der Waals surface area contributed by atoms with Crippen molar-refractivity contribution in [2.45, 2.75) is 26.2 Å². The summed E-state index contributed by atoms with van der Waals surface area (Å²) in [7, 11) is 0. The lowest BCUT2D eigenvalue weighted by Gasteiger charge is -2.08. The summed E-state index contributed by atoms with van der Waals surface area (Å²) >= 11 is 1.39. The summed E-state index contributed by atoms with van der Waals surface area (Å²) in [5.74, 6) is -0.833. The highest BCUT2D eigenvalue weighted by Gasteiger charge is 2.34. The predicted octanol–water partition coefficient (Wildman–Crippen LogP) is 3.13. The van der Waals surface area contributed by atoms with Crippen molar-refractivity contribution in [3.8, 4) is 5.75 Å². The molecule has 1 aliphatic rings. The number of hydrogen-bond donors (Lipinski definition) is 2. The molecule has 0 saturated heterocycles. The molecule has 1 aliphatic carbocycles. The topological polar surface area (TPSA) is 88.5 Å². The number of nitrogens with zero attached hydrogens (tertiary/aromatic N) is 1. The summed E-state index contributed by atoms with van der Waals surface area (Å²) in [6.07, 6.45) is 1.58. The molecule has 2 atom stereocenters. The van der Waals surface area contributed by atoms with Gasteiger partial charge in [-0.25, -0.2) is 4.98 Å². The first-order valence-electron chi connectivity index (χ1n) is 7.64. The first-order chi connectivity index (χ1) is 11.1. The van der Waals surface area contributed by atoms with E-state index in [9.17, 15) is 9.59 Å². The van der Waals surface area contributed by atoms with Crippen molar-refractivity contribution in [2.24, 2.45) is 11.8 Å². The highest BCUT2D eigenvalue weighted by Crippen LogP contribution is 2.33. The number of thiazole rings is 1. The van der Waals surface area contributed by atoms with Crippen LogP contribution in [0.3, 0.4) is 0 Å². The number of amides is 1. The first-order valence-corrected chi connectivity index (χ1v) is 8.45. The van der Waals surface area contributed by atoms with Crippen LogP contribution in [0.5, 0.6) is 5.75 Å². The molecule has 0 spiro atoms. The molecule has 2 N–H and O–H groups in total. The predicted molar refractivity (Wildman–Crippen MR) is 87.9 cm³/mol. The molecule has 7 heteroatoms. The van der Waals surface area contributed by atoms with Crippen LogP contribution in [-0.2, 0) is 9.59 Å². The average Bonchev–Trinajstić information content (AvgIpc) is 3.13. The summed E-state index contributed by atoms with van der Waals surface area (Å²) in [4.78, 5) is 27.6. The molecule has 0 aliphatic heterocycles. The van der Waals surface area contributed by atoms with Crippen LogP contribution in [0.15, 0.2) is 18.2 Å². The van der Waals surface area contributed by atoms with Crippen molar-refractivity contribution < 1.29 is 19.4 Å². The van der Waals surface area contributed by atoms with Gasteiger partial charge in [-0.05, 0) is 44.4 Å². The molecular weight excluding hydrogens is 316 g/mol. The number of carboxylic acid groups (broad SMARTS) is 1. The van der Waals surface area contributed by atoms with Crippen molar-refractivity contribution in [3.63, 3.8) is 0 Å². The van der Waals surface area contributed by atoms with Crippen LogP contribution in [0.25, 0.3) is 10.2 Å². The summed E-state index contributed by atoms with van der Waals surface area (Å²) in [6, 6.07) is 5.62. The van der Waals surface area contributed by atoms with Crippen LogP contribution in [0.4, 0.5) is 5.13 Å². The minimum atomic E-state index is -0.816. The Morgan fingerprint density at radius 1 is 1.39 bits per heavy atom.